The van der Waals surface area contributed by atoms with E-state index in [2.05, 4.69) is 10.2 Å². The second kappa shape index (κ2) is 3.66. The lowest BCUT2D eigenvalue weighted by Crippen LogP contribution is -1.83. The van der Waals surface area contributed by atoms with Gasteiger partial charge in [-0.1, -0.05) is 18.2 Å². The number of hydrogen-bond acceptors (Lipinski definition) is 4. The van der Waals surface area contributed by atoms with Gasteiger partial charge in [-0.3, -0.25) is 0 Å². The fraction of sp³-hybridized carbons (Fsp3) is 0. The quantitative estimate of drug-likeness (QED) is 0.655. The van der Waals surface area contributed by atoms with Crippen molar-refractivity contribution in [3.05, 3.63) is 49.1 Å². The summed E-state index contributed by atoms with van der Waals surface area (Å²) in [5.74, 6) is 1.28. The van der Waals surface area contributed by atoms with Gasteiger partial charge in [0, 0.05) is 11.1 Å². The molecule has 0 fully saturated rings. The minimum Gasteiger partial charge on any atom is -0.464 e. The van der Waals surface area contributed by atoms with Gasteiger partial charge in [0.25, 0.3) is 0 Å². The van der Waals surface area contributed by atoms with Crippen molar-refractivity contribution in [2.75, 3.05) is 0 Å². The van der Waals surface area contributed by atoms with Crippen LogP contribution in [0.5, 0.6) is 0 Å². The first-order valence-corrected chi connectivity index (χ1v) is 4.84. The van der Waals surface area contributed by atoms with E-state index in [4.69, 9.17) is 8.83 Å². The first-order valence-electron chi connectivity index (χ1n) is 4.84. The predicted molar refractivity (Wildman–Crippen MR) is 57.4 cm³/mol. The van der Waals surface area contributed by atoms with E-state index >= 15 is 0 Å². The third-order valence-electron chi connectivity index (χ3n) is 2.30. The molecule has 0 atom stereocenters. The predicted octanol–water partition coefficient (Wildman–Crippen LogP) is 3.00. The summed E-state index contributed by atoms with van der Waals surface area (Å²) in [6, 6.07) is 11.5. The highest BCUT2D eigenvalue weighted by Crippen LogP contribution is 2.30. The molecule has 0 unspecified atom stereocenters. The Morgan fingerprint density at radius 1 is 0.875 bits per heavy atom. The molecule has 2 heterocycles. The molecule has 0 spiro atoms. The SMILES string of the molecule is c1coc(-c2ccccc2-c2nnco2)c1. The summed E-state index contributed by atoms with van der Waals surface area (Å²) in [4.78, 5) is 0. The molecule has 4 heteroatoms. The number of benzene rings is 1. The summed E-state index contributed by atoms with van der Waals surface area (Å²) in [5.41, 5.74) is 1.81. The van der Waals surface area contributed by atoms with E-state index in [9.17, 15) is 0 Å². The van der Waals surface area contributed by atoms with Crippen LogP contribution in [0.4, 0.5) is 0 Å². The molecule has 0 amide bonds. The molecule has 0 radical (unpaired) electrons. The summed E-state index contributed by atoms with van der Waals surface area (Å²) >= 11 is 0. The fourth-order valence-corrected chi connectivity index (χ4v) is 1.61. The molecule has 0 aliphatic rings. The second-order valence-electron chi connectivity index (χ2n) is 3.27. The summed E-state index contributed by atoms with van der Waals surface area (Å²) in [7, 11) is 0. The average molecular weight is 212 g/mol. The molecule has 4 nitrogen and oxygen atoms in total. The normalized spacial score (nSPS) is 10.5. The zero-order chi connectivity index (χ0) is 10.8. The Balaban J connectivity index is 2.19. The van der Waals surface area contributed by atoms with Gasteiger partial charge in [0.2, 0.25) is 12.3 Å². The lowest BCUT2D eigenvalue weighted by atomic mass is 10.1. The maximum Gasteiger partial charge on any atom is 0.248 e. The molecule has 0 saturated heterocycles. The van der Waals surface area contributed by atoms with Crippen LogP contribution in [0.2, 0.25) is 0 Å². The largest absolute Gasteiger partial charge is 0.464 e. The van der Waals surface area contributed by atoms with Gasteiger partial charge in [-0.2, -0.15) is 0 Å². The molecule has 0 bridgehead atoms. The van der Waals surface area contributed by atoms with Gasteiger partial charge in [-0.25, -0.2) is 0 Å². The Morgan fingerprint density at radius 2 is 1.75 bits per heavy atom. The summed E-state index contributed by atoms with van der Waals surface area (Å²) < 4.78 is 10.6. The van der Waals surface area contributed by atoms with Gasteiger partial charge in [-0.15, -0.1) is 10.2 Å². The standard InChI is InChI=1S/C12H8N2O2/c1-2-5-10(12-14-13-8-16-12)9(4-1)11-6-3-7-15-11/h1-8H. The fourth-order valence-electron chi connectivity index (χ4n) is 1.61. The zero-order valence-electron chi connectivity index (χ0n) is 8.33. The van der Waals surface area contributed by atoms with E-state index in [1.807, 2.05) is 36.4 Å². The van der Waals surface area contributed by atoms with Crippen LogP contribution in [0.3, 0.4) is 0 Å². The van der Waals surface area contributed by atoms with Crippen LogP contribution in [-0.2, 0) is 0 Å². The Hall–Kier alpha value is -2.36. The molecule has 3 aromatic rings. The first-order chi connectivity index (χ1) is 7.95. The number of rotatable bonds is 2. The molecule has 0 aliphatic carbocycles. The van der Waals surface area contributed by atoms with E-state index in [1.165, 1.54) is 6.39 Å². The van der Waals surface area contributed by atoms with Crippen LogP contribution in [0.25, 0.3) is 22.8 Å². The number of furan rings is 1. The van der Waals surface area contributed by atoms with Crippen molar-refractivity contribution >= 4 is 0 Å². The summed E-state index contributed by atoms with van der Waals surface area (Å²) in [6.07, 6.45) is 2.95. The van der Waals surface area contributed by atoms with E-state index in [0.717, 1.165) is 16.9 Å². The molecule has 3 rings (SSSR count). The summed E-state index contributed by atoms with van der Waals surface area (Å²) in [6.45, 7) is 0. The molecule has 16 heavy (non-hydrogen) atoms. The Bertz CT molecular complexity index is 518. The van der Waals surface area contributed by atoms with Gasteiger partial charge >= 0.3 is 0 Å². The van der Waals surface area contributed by atoms with Gasteiger partial charge in [0.15, 0.2) is 0 Å². The van der Waals surface area contributed by atoms with Crippen LogP contribution in [0.1, 0.15) is 0 Å². The van der Waals surface area contributed by atoms with Crippen molar-refractivity contribution in [1.29, 1.82) is 0 Å². The molecular weight excluding hydrogens is 204 g/mol. The van der Waals surface area contributed by atoms with Crippen LogP contribution in [-0.4, -0.2) is 10.2 Å². The van der Waals surface area contributed by atoms with Crippen LogP contribution < -0.4 is 0 Å². The van der Waals surface area contributed by atoms with Crippen molar-refractivity contribution in [1.82, 2.24) is 10.2 Å². The van der Waals surface area contributed by atoms with Gasteiger partial charge in [0.05, 0.1) is 6.26 Å². The highest BCUT2D eigenvalue weighted by atomic mass is 16.4. The maximum atomic E-state index is 5.37. The molecule has 2 aromatic heterocycles. The van der Waals surface area contributed by atoms with Crippen LogP contribution in [0, 0.1) is 0 Å². The van der Waals surface area contributed by atoms with Crippen molar-refractivity contribution in [2.24, 2.45) is 0 Å². The molecule has 0 saturated carbocycles. The lowest BCUT2D eigenvalue weighted by molar-refractivity contribution is 0.566. The van der Waals surface area contributed by atoms with Crippen molar-refractivity contribution in [2.45, 2.75) is 0 Å². The minimum absolute atomic E-state index is 0.493. The third-order valence-corrected chi connectivity index (χ3v) is 2.30. The first kappa shape index (κ1) is 8.91. The van der Waals surface area contributed by atoms with Crippen LogP contribution in [0.15, 0.2) is 57.9 Å². The Morgan fingerprint density at radius 3 is 2.44 bits per heavy atom. The highest BCUT2D eigenvalue weighted by Gasteiger charge is 2.12. The Labute approximate surface area is 91.5 Å². The smallest absolute Gasteiger partial charge is 0.248 e. The topological polar surface area (TPSA) is 52.1 Å². The highest BCUT2D eigenvalue weighted by molar-refractivity contribution is 5.76. The molecular formula is C12H8N2O2. The monoisotopic (exact) mass is 212 g/mol. The van der Waals surface area contributed by atoms with E-state index in [1.54, 1.807) is 6.26 Å². The minimum atomic E-state index is 0.493. The van der Waals surface area contributed by atoms with Crippen molar-refractivity contribution in [3.8, 4) is 22.8 Å². The lowest BCUT2D eigenvalue weighted by Gasteiger charge is -2.02. The number of nitrogens with zero attached hydrogens (tertiary/aromatic N) is 2. The average Bonchev–Trinajstić information content (AvgIpc) is 3.03. The van der Waals surface area contributed by atoms with E-state index < -0.39 is 0 Å². The van der Waals surface area contributed by atoms with E-state index in [0.29, 0.717) is 5.89 Å². The molecule has 0 aliphatic heterocycles. The van der Waals surface area contributed by atoms with Crippen LogP contribution >= 0.6 is 0 Å². The molecule has 78 valence electrons. The van der Waals surface area contributed by atoms with Gasteiger partial charge < -0.3 is 8.83 Å². The zero-order valence-corrected chi connectivity index (χ0v) is 8.33. The van der Waals surface area contributed by atoms with E-state index in [-0.39, 0.29) is 0 Å². The third kappa shape index (κ3) is 1.40. The second-order valence-corrected chi connectivity index (χ2v) is 3.27. The maximum absolute atomic E-state index is 5.37. The van der Waals surface area contributed by atoms with Crippen molar-refractivity contribution < 1.29 is 8.83 Å². The van der Waals surface area contributed by atoms with Gasteiger partial charge in [-0.05, 0) is 18.2 Å². The number of hydrogen-bond donors (Lipinski definition) is 0. The van der Waals surface area contributed by atoms with Gasteiger partial charge in [0.1, 0.15) is 5.76 Å². The molecule has 0 N–H and O–H groups in total. The summed E-state index contributed by atoms with van der Waals surface area (Å²) in [5, 5.41) is 7.57. The number of aromatic nitrogens is 2. The molecule has 1 aromatic carbocycles. The van der Waals surface area contributed by atoms with Crippen molar-refractivity contribution in [3.63, 3.8) is 0 Å². The Kier molecular flexibility index (Phi) is 2.04.